The molecule has 0 aliphatic carbocycles. The zero-order valence-electron chi connectivity index (χ0n) is 8.77. The van der Waals surface area contributed by atoms with Crippen LogP contribution in [0.1, 0.15) is 18.6 Å². The molecule has 1 aromatic carbocycles. The van der Waals surface area contributed by atoms with Crippen molar-refractivity contribution in [1.82, 2.24) is 4.98 Å². The first kappa shape index (κ1) is 9.85. The SMILES string of the molecule is CC1Oc2cnccc2-c2ccc(Br)cc21. The molecule has 1 aromatic heterocycles. The number of benzene rings is 1. The van der Waals surface area contributed by atoms with Gasteiger partial charge in [-0.1, -0.05) is 22.0 Å². The first-order valence-corrected chi connectivity index (χ1v) is 5.95. The number of fused-ring (bicyclic) bond motifs is 3. The fourth-order valence-corrected chi connectivity index (χ4v) is 2.44. The molecule has 2 nitrogen and oxygen atoms in total. The zero-order valence-corrected chi connectivity index (χ0v) is 10.4. The Balaban J connectivity index is 2.28. The maximum Gasteiger partial charge on any atom is 0.146 e. The van der Waals surface area contributed by atoms with Crippen molar-refractivity contribution in [1.29, 1.82) is 0 Å². The first-order valence-electron chi connectivity index (χ1n) is 5.16. The first-order chi connectivity index (χ1) is 7.75. The van der Waals surface area contributed by atoms with E-state index in [1.807, 2.05) is 6.07 Å². The highest BCUT2D eigenvalue weighted by atomic mass is 79.9. The van der Waals surface area contributed by atoms with Crippen molar-refractivity contribution in [2.24, 2.45) is 0 Å². The van der Waals surface area contributed by atoms with Crippen LogP contribution in [0.3, 0.4) is 0 Å². The van der Waals surface area contributed by atoms with Crippen LogP contribution in [0, 0.1) is 0 Å². The quantitative estimate of drug-likeness (QED) is 0.726. The second-order valence-electron chi connectivity index (χ2n) is 3.86. The topological polar surface area (TPSA) is 22.1 Å². The van der Waals surface area contributed by atoms with E-state index in [1.54, 1.807) is 12.4 Å². The highest BCUT2D eigenvalue weighted by Crippen LogP contribution is 2.42. The smallest absolute Gasteiger partial charge is 0.146 e. The van der Waals surface area contributed by atoms with Crippen LogP contribution in [-0.4, -0.2) is 4.98 Å². The van der Waals surface area contributed by atoms with Gasteiger partial charge in [0.1, 0.15) is 11.9 Å². The normalized spacial score (nSPS) is 17.2. The molecule has 0 radical (unpaired) electrons. The third kappa shape index (κ3) is 1.43. The number of aromatic nitrogens is 1. The molecule has 0 amide bonds. The van der Waals surface area contributed by atoms with Gasteiger partial charge in [-0.05, 0) is 30.7 Å². The van der Waals surface area contributed by atoms with E-state index in [0.717, 1.165) is 15.8 Å². The van der Waals surface area contributed by atoms with Gasteiger partial charge in [0.25, 0.3) is 0 Å². The van der Waals surface area contributed by atoms with Crippen molar-refractivity contribution in [2.75, 3.05) is 0 Å². The van der Waals surface area contributed by atoms with Crippen LogP contribution in [0.5, 0.6) is 5.75 Å². The average molecular weight is 276 g/mol. The summed E-state index contributed by atoms with van der Waals surface area (Å²) >= 11 is 3.49. The molecule has 3 rings (SSSR count). The van der Waals surface area contributed by atoms with Gasteiger partial charge < -0.3 is 4.74 Å². The van der Waals surface area contributed by atoms with Crippen LogP contribution in [-0.2, 0) is 0 Å². The fourth-order valence-electron chi connectivity index (χ4n) is 2.07. The molecule has 1 atom stereocenters. The van der Waals surface area contributed by atoms with Gasteiger partial charge in [-0.3, -0.25) is 4.98 Å². The van der Waals surface area contributed by atoms with E-state index in [-0.39, 0.29) is 6.10 Å². The molecule has 0 bridgehead atoms. The van der Waals surface area contributed by atoms with Gasteiger partial charge in [-0.25, -0.2) is 0 Å². The lowest BCUT2D eigenvalue weighted by molar-refractivity contribution is 0.222. The Kier molecular flexibility index (Phi) is 2.21. The van der Waals surface area contributed by atoms with Gasteiger partial charge in [0.2, 0.25) is 0 Å². The van der Waals surface area contributed by atoms with Crippen molar-refractivity contribution < 1.29 is 4.74 Å². The van der Waals surface area contributed by atoms with Gasteiger partial charge in [0.05, 0.1) is 6.20 Å². The average Bonchev–Trinajstić information content (AvgIpc) is 2.29. The van der Waals surface area contributed by atoms with Crippen LogP contribution >= 0.6 is 15.9 Å². The van der Waals surface area contributed by atoms with Crippen LogP contribution in [0.2, 0.25) is 0 Å². The molecule has 80 valence electrons. The summed E-state index contributed by atoms with van der Waals surface area (Å²) < 4.78 is 6.91. The molecular formula is C13H10BrNO. The maximum absolute atomic E-state index is 5.83. The van der Waals surface area contributed by atoms with E-state index in [2.05, 4.69) is 46.0 Å². The summed E-state index contributed by atoms with van der Waals surface area (Å²) in [6, 6.07) is 8.29. The third-order valence-corrected chi connectivity index (χ3v) is 3.32. The maximum atomic E-state index is 5.83. The number of halogens is 1. The highest BCUT2D eigenvalue weighted by Gasteiger charge is 2.22. The number of hydrogen-bond acceptors (Lipinski definition) is 2. The fraction of sp³-hybridized carbons (Fsp3) is 0.154. The van der Waals surface area contributed by atoms with E-state index < -0.39 is 0 Å². The Labute approximate surface area is 102 Å². The molecular weight excluding hydrogens is 266 g/mol. The Morgan fingerprint density at radius 3 is 3.00 bits per heavy atom. The summed E-state index contributed by atoms with van der Waals surface area (Å²) in [6.07, 6.45) is 3.64. The van der Waals surface area contributed by atoms with Gasteiger partial charge in [0.15, 0.2) is 0 Å². The van der Waals surface area contributed by atoms with Crippen molar-refractivity contribution in [3.05, 3.63) is 46.7 Å². The molecule has 16 heavy (non-hydrogen) atoms. The molecule has 1 aliphatic heterocycles. The van der Waals surface area contributed by atoms with Crippen molar-refractivity contribution >= 4 is 15.9 Å². The largest absolute Gasteiger partial charge is 0.484 e. The number of rotatable bonds is 0. The Bertz CT molecular complexity index is 553. The summed E-state index contributed by atoms with van der Waals surface area (Å²) in [5, 5.41) is 0. The van der Waals surface area contributed by atoms with E-state index in [0.29, 0.717) is 0 Å². The number of nitrogens with zero attached hydrogens (tertiary/aromatic N) is 1. The van der Waals surface area contributed by atoms with Crippen LogP contribution < -0.4 is 4.74 Å². The minimum atomic E-state index is 0.0733. The van der Waals surface area contributed by atoms with Crippen LogP contribution in [0.25, 0.3) is 11.1 Å². The Morgan fingerprint density at radius 2 is 2.12 bits per heavy atom. The predicted molar refractivity (Wildman–Crippen MR) is 66.4 cm³/mol. The number of ether oxygens (including phenoxy) is 1. The van der Waals surface area contributed by atoms with Crippen molar-refractivity contribution in [3.8, 4) is 16.9 Å². The lowest BCUT2D eigenvalue weighted by atomic mass is 9.94. The van der Waals surface area contributed by atoms with Crippen molar-refractivity contribution in [3.63, 3.8) is 0 Å². The molecule has 0 N–H and O–H groups in total. The lowest BCUT2D eigenvalue weighted by Gasteiger charge is -2.26. The Hall–Kier alpha value is -1.35. The lowest BCUT2D eigenvalue weighted by Crippen LogP contribution is -2.10. The molecule has 1 aliphatic rings. The zero-order chi connectivity index (χ0) is 11.1. The monoisotopic (exact) mass is 275 g/mol. The van der Waals surface area contributed by atoms with Crippen LogP contribution in [0.4, 0.5) is 0 Å². The minimum Gasteiger partial charge on any atom is -0.484 e. The van der Waals surface area contributed by atoms with Gasteiger partial charge in [0, 0.05) is 21.8 Å². The summed E-state index contributed by atoms with van der Waals surface area (Å²) in [5.74, 6) is 0.866. The van der Waals surface area contributed by atoms with Gasteiger partial charge >= 0.3 is 0 Å². The summed E-state index contributed by atoms with van der Waals surface area (Å²) in [5.41, 5.74) is 3.57. The summed E-state index contributed by atoms with van der Waals surface area (Å²) in [6.45, 7) is 2.06. The molecule has 0 saturated carbocycles. The molecule has 3 heteroatoms. The standard InChI is InChI=1S/C13H10BrNO/c1-8-12-6-9(14)2-3-10(12)11-4-5-15-7-13(11)16-8/h2-8H,1H3. The number of hydrogen-bond donors (Lipinski definition) is 0. The van der Waals surface area contributed by atoms with E-state index in [9.17, 15) is 0 Å². The summed E-state index contributed by atoms with van der Waals surface area (Å²) in [7, 11) is 0. The molecule has 2 aromatic rings. The predicted octanol–water partition coefficient (Wildman–Crippen LogP) is 3.96. The molecule has 0 spiro atoms. The van der Waals surface area contributed by atoms with E-state index in [1.165, 1.54) is 11.1 Å². The van der Waals surface area contributed by atoms with Crippen LogP contribution in [0.15, 0.2) is 41.1 Å². The Morgan fingerprint density at radius 1 is 1.25 bits per heavy atom. The minimum absolute atomic E-state index is 0.0733. The van der Waals surface area contributed by atoms with Gasteiger partial charge in [-0.15, -0.1) is 0 Å². The molecule has 0 saturated heterocycles. The molecule has 2 heterocycles. The van der Waals surface area contributed by atoms with Crippen molar-refractivity contribution in [2.45, 2.75) is 13.0 Å². The van der Waals surface area contributed by atoms with Gasteiger partial charge in [-0.2, -0.15) is 0 Å². The summed E-state index contributed by atoms with van der Waals surface area (Å²) in [4.78, 5) is 4.09. The van der Waals surface area contributed by atoms with E-state index in [4.69, 9.17) is 4.74 Å². The second-order valence-corrected chi connectivity index (χ2v) is 4.78. The third-order valence-electron chi connectivity index (χ3n) is 2.83. The molecule has 1 unspecified atom stereocenters. The second kappa shape index (κ2) is 3.59. The molecule has 0 fully saturated rings. The highest BCUT2D eigenvalue weighted by molar-refractivity contribution is 9.10. The number of pyridine rings is 1. The van der Waals surface area contributed by atoms with E-state index >= 15 is 0 Å².